The Hall–Kier alpha value is -2.08. The number of fused-ring (bicyclic) bond motifs is 1. The minimum atomic E-state index is -2.43. The van der Waals surface area contributed by atoms with Crippen LogP contribution >= 0.6 is 0 Å². The summed E-state index contributed by atoms with van der Waals surface area (Å²) in [6.07, 6.45) is 0.790. The first-order valence-electron chi connectivity index (χ1n) is 6.19. The number of hydrogen-bond acceptors (Lipinski definition) is 6. The Balaban J connectivity index is 2.51. The molecule has 0 bridgehead atoms. The smallest absolute Gasteiger partial charge is 0.354 e. The van der Waals surface area contributed by atoms with Gasteiger partial charge in [-0.15, -0.1) is 0 Å². The molecular formula is C14H17NO5. The van der Waals surface area contributed by atoms with Crippen molar-refractivity contribution in [2.75, 3.05) is 32.7 Å². The standard InChI is InChI=1S/C14H17NO5/c1-15-7-6-9-8-10(4-5-11(9)15)14(18,12(16)19-2)13(17)20-3/h4-5,8,18H,6-7H2,1-3H3. The lowest BCUT2D eigenvalue weighted by atomic mass is 9.92. The van der Waals surface area contributed by atoms with E-state index >= 15 is 0 Å². The van der Waals surface area contributed by atoms with Gasteiger partial charge >= 0.3 is 11.9 Å². The van der Waals surface area contributed by atoms with Crippen LogP contribution in [-0.4, -0.2) is 44.9 Å². The summed E-state index contributed by atoms with van der Waals surface area (Å²) >= 11 is 0. The van der Waals surface area contributed by atoms with Gasteiger partial charge in [0.05, 0.1) is 14.2 Å². The number of esters is 2. The van der Waals surface area contributed by atoms with E-state index in [1.807, 2.05) is 7.05 Å². The highest BCUT2D eigenvalue weighted by molar-refractivity contribution is 6.04. The van der Waals surface area contributed by atoms with Crippen LogP contribution in [0.3, 0.4) is 0 Å². The predicted octanol–water partition coefficient (Wildman–Crippen LogP) is 0.212. The second-order valence-electron chi connectivity index (χ2n) is 4.71. The molecule has 1 heterocycles. The summed E-state index contributed by atoms with van der Waals surface area (Å²) in [5.74, 6) is -2.12. The molecule has 0 saturated heterocycles. The lowest BCUT2D eigenvalue weighted by molar-refractivity contribution is -0.181. The van der Waals surface area contributed by atoms with Crippen molar-refractivity contribution in [3.63, 3.8) is 0 Å². The van der Waals surface area contributed by atoms with Gasteiger partial charge in [-0.05, 0) is 24.1 Å². The van der Waals surface area contributed by atoms with Gasteiger partial charge in [-0.1, -0.05) is 6.07 Å². The maximum atomic E-state index is 11.8. The molecule has 0 aliphatic carbocycles. The van der Waals surface area contributed by atoms with Crippen molar-refractivity contribution in [2.45, 2.75) is 12.0 Å². The first-order valence-corrected chi connectivity index (χ1v) is 6.19. The highest BCUT2D eigenvalue weighted by atomic mass is 16.6. The number of methoxy groups -OCH3 is 2. The zero-order chi connectivity index (χ0) is 14.9. The van der Waals surface area contributed by atoms with Crippen molar-refractivity contribution in [3.05, 3.63) is 29.3 Å². The minimum Gasteiger partial charge on any atom is -0.466 e. The topological polar surface area (TPSA) is 76.1 Å². The molecule has 0 atom stereocenters. The number of hydrogen-bond donors (Lipinski definition) is 1. The second-order valence-corrected chi connectivity index (χ2v) is 4.71. The summed E-state index contributed by atoms with van der Waals surface area (Å²) in [6, 6.07) is 4.95. The van der Waals surface area contributed by atoms with Crippen LogP contribution in [0.1, 0.15) is 11.1 Å². The van der Waals surface area contributed by atoms with E-state index in [1.54, 1.807) is 12.1 Å². The molecule has 1 N–H and O–H groups in total. The van der Waals surface area contributed by atoms with Crippen LogP contribution in [0.2, 0.25) is 0 Å². The summed E-state index contributed by atoms with van der Waals surface area (Å²) in [7, 11) is 4.17. The molecule has 0 saturated carbocycles. The van der Waals surface area contributed by atoms with Crippen LogP contribution in [0.5, 0.6) is 0 Å². The molecule has 0 unspecified atom stereocenters. The summed E-state index contributed by atoms with van der Waals surface area (Å²) in [5, 5.41) is 10.5. The highest BCUT2D eigenvalue weighted by Crippen LogP contribution is 2.32. The number of nitrogens with zero attached hydrogens (tertiary/aromatic N) is 1. The molecule has 0 amide bonds. The third-order valence-electron chi connectivity index (χ3n) is 3.59. The summed E-state index contributed by atoms with van der Waals surface area (Å²) in [5.41, 5.74) is -0.285. The molecule has 1 aromatic rings. The summed E-state index contributed by atoms with van der Waals surface area (Å²) < 4.78 is 9.07. The number of benzene rings is 1. The second kappa shape index (κ2) is 5.13. The van der Waals surface area contributed by atoms with Crippen LogP contribution in [0.4, 0.5) is 5.69 Å². The van der Waals surface area contributed by atoms with E-state index in [0.717, 1.165) is 38.4 Å². The van der Waals surface area contributed by atoms with Crippen molar-refractivity contribution in [1.29, 1.82) is 0 Å². The normalized spacial score (nSPS) is 13.9. The monoisotopic (exact) mass is 279 g/mol. The van der Waals surface area contributed by atoms with Crippen molar-refractivity contribution in [1.82, 2.24) is 0 Å². The average Bonchev–Trinajstić information content (AvgIpc) is 2.85. The highest BCUT2D eigenvalue weighted by Gasteiger charge is 2.49. The molecule has 0 fully saturated rings. The fourth-order valence-electron chi connectivity index (χ4n) is 2.41. The Kier molecular flexibility index (Phi) is 3.67. The van der Waals surface area contributed by atoms with Gasteiger partial charge in [0.25, 0.3) is 5.60 Å². The lowest BCUT2D eigenvalue weighted by Crippen LogP contribution is -2.45. The Morgan fingerprint density at radius 2 is 1.85 bits per heavy atom. The largest absolute Gasteiger partial charge is 0.466 e. The van der Waals surface area contributed by atoms with E-state index in [0.29, 0.717) is 0 Å². The predicted molar refractivity (Wildman–Crippen MR) is 71.3 cm³/mol. The number of likely N-dealkylation sites (N-methyl/N-ethyl adjacent to an activating group) is 1. The number of carbonyl (C=O) groups is 2. The van der Waals surface area contributed by atoms with E-state index in [9.17, 15) is 14.7 Å². The molecule has 108 valence electrons. The Bertz CT molecular complexity index is 538. The number of anilines is 1. The molecule has 2 rings (SSSR count). The minimum absolute atomic E-state index is 0.158. The van der Waals surface area contributed by atoms with Gasteiger partial charge in [0.1, 0.15) is 0 Å². The van der Waals surface area contributed by atoms with Gasteiger partial charge in [-0.25, -0.2) is 9.59 Å². The quantitative estimate of drug-likeness (QED) is 0.630. The van der Waals surface area contributed by atoms with Gasteiger partial charge in [0.15, 0.2) is 0 Å². The summed E-state index contributed by atoms with van der Waals surface area (Å²) in [6.45, 7) is 0.855. The molecule has 1 aromatic carbocycles. The number of aliphatic hydroxyl groups is 1. The number of rotatable bonds is 3. The van der Waals surface area contributed by atoms with E-state index in [-0.39, 0.29) is 5.56 Å². The maximum Gasteiger partial charge on any atom is 0.354 e. The van der Waals surface area contributed by atoms with Gasteiger partial charge in [0.2, 0.25) is 0 Å². The zero-order valence-corrected chi connectivity index (χ0v) is 11.7. The van der Waals surface area contributed by atoms with Gasteiger partial charge in [-0.3, -0.25) is 0 Å². The lowest BCUT2D eigenvalue weighted by Gasteiger charge is -2.23. The molecule has 0 spiro atoms. The van der Waals surface area contributed by atoms with Gasteiger partial charge in [0, 0.05) is 24.8 Å². The molecule has 0 radical (unpaired) electrons. The van der Waals surface area contributed by atoms with Crippen LogP contribution < -0.4 is 4.90 Å². The van der Waals surface area contributed by atoms with Crippen molar-refractivity contribution in [2.24, 2.45) is 0 Å². The molecule has 6 nitrogen and oxygen atoms in total. The molecule has 0 aromatic heterocycles. The van der Waals surface area contributed by atoms with Crippen LogP contribution in [0, 0.1) is 0 Å². The Morgan fingerprint density at radius 1 is 1.25 bits per heavy atom. The third kappa shape index (κ3) is 2.02. The zero-order valence-electron chi connectivity index (χ0n) is 11.7. The molecular weight excluding hydrogens is 262 g/mol. The first-order chi connectivity index (χ1) is 9.44. The van der Waals surface area contributed by atoms with E-state index in [1.165, 1.54) is 6.07 Å². The molecule has 6 heteroatoms. The van der Waals surface area contributed by atoms with Crippen LogP contribution in [-0.2, 0) is 31.1 Å². The number of ether oxygens (including phenoxy) is 2. The van der Waals surface area contributed by atoms with Crippen LogP contribution in [0.25, 0.3) is 0 Å². The van der Waals surface area contributed by atoms with Crippen LogP contribution in [0.15, 0.2) is 18.2 Å². The SMILES string of the molecule is COC(=O)C(O)(C(=O)OC)c1ccc2c(c1)CCN2C. The fraction of sp³-hybridized carbons (Fsp3) is 0.429. The third-order valence-corrected chi connectivity index (χ3v) is 3.59. The summed E-state index contributed by atoms with van der Waals surface area (Å²) in [4.78, 5) is 25.7. The fourth-order valence-corrected chi connectivity index (χ4v) is 2.41. The Labute approximate surface area is 116 Å². The van der Waals surface area contributed by atoms with E-state index < -0.39 is 17.5 Å². The first kappa shape index (κ1) is 14.3. The molecule has 1 aliphatic rings. The van der Waals surface area contributed by atoms with E-state index in [4.69, 9.17) is 0 Å². The Morgan fingerprint density at radius 3 is 2.40 bits per heavy atom. The van der Waals surface area contributed by atoms with Crippen molar-refractivity contribution < 1.29 is 24.2 Å². The molecule has 1 aliphatic heterocycles. The van der Waals surface area contributed by atoms with Crippen molar-refractivity contribution >= 4 is 17.6 Å². The van der Waals surface area contributed by atoms with Crippen molar-refractivity contribution in [3.8, 4) is 0 Å². The average molecular weight is 279 g/mol. The van der Waals surface area contributed by atoms with Gasteiger partial charge in [-0.2, -0.15) is 0 Å². The maximum absolute atomic E-state index is 11.8. The number of carbonyl (C=O) groups excluding carboxylic acids is 2. The molecule has 20 heavy (non-hydrogen) atoms. The van der Waals surface area contributed by atoms with Gasteiger partial charge < -0.3 is 19.5 Å². The van der Waals surface area contributed by atoms with E-state index in [2.05, 4.69) is 14.4 Å².